The molecule has 3 aromatic heterocycles. The second-order valence-corrected chi connectivity index (χ2v) is 8.13. The molecule has 0 aliphatic heterocycles. The second-order valence-electron chi connectivity index (χ2n) is 7.70. The smallest absolute Gasteiger partial charge is 0.263 e. The molecule has 4 aromatic rings. The van der Waals surface area contributed by atoms with E-state index in [4.69, 9.17) is 16.1 Å². The Morgan fingerprint density at radius 2 is 2.13 bits per heavy atom. The van der Waals surface area contributed by atoms with Gasteiger partial charge in [-0.2, -0.15) is 4.98 Å². The molecule has 152 valence electrons. The summed E-state index contributed by atoms with van der Waals surface area (Å²) in [4.78, 5) is 25.6. The Balaban J connectivity index is 1.34. The van der Waals surface area contributed by atoms with Gasteiger partial charge in [-0.25, -0.2) is 9.97 Å². The van der Waals surface area contributed by atoms with Crippen molar-refractivity contribution in [3.8, 4) is 0 Å². The van der Waals surface area contributed by atoms with Crippen LogP contribution in [0.1, 0.15) is 41.6 Å². The minimum Gasteiger partial charge on any atom is -0.385 e. The maximum Gasteiger partial charge on any atom is 0.263 e. The highest BCUT2D eigenvalue weighted by Crippen LogP contribution is 2.50. The number of aliphatic hydroxyl groups is 1. The van der Waals surface area contributed by atoms with Crippen molar-refractivity contribution in [1.29, 1.82) is 0 Å². The van der Waals surface area contributed by atoms with Crippen LogP contribution >= 0.6 is 11.6 Å². The van der Waals surface area contributed by atoms with E-state index < -0.39 is 5.60 Å². The van der Waals surface area contributed by atoms with E-state index in [0.29, 0.717) is 40.6 Å². The summed E-state index contributed by atoms with van der Waals surface area (Å²) in [5, 5.41) is 16.0. The van der Waals surface area contributed by atoms with Gasteiger partial charge in [-0.3, -0.25) is 9.36 Å². The van der Waals surface area contributed by atoms with Crippen molar-refractivity contribution < 1.29 is 9.63 Å². The van der Waals surface area contributed by atoms with Gasteiger partial charge >= 0.3 is 0 Å². The molecule has 1 saturated carbocycles. The lowest BCUT2D eigenvalue weighted by Gasteiger charge is -2.42. The number of aromatic nitrogens is 5. The topological polar surface area (TPSA) is 107 Å². The molecule has 0 saturated heterocycles. The van der Waals surface area contributed by atoms with Crippen LogP contribution in [-0.2, 0) is 12.1 Å². The van der Waals surface area contributed by atoms with E-state index in [9.17, 15) is 9.90 Å². The Bertz CT molecular complexity index is 1310. The van der Waals surface area contributed by atoms with Gasteiger partial charge in [0.15, 0.2) is 11.5 Å². The minimum atomic E-state index is -0.944. The molecule has 0 unspecified atom stereocenters. The molecule has 8 nitrogen and oxygen atoms in total. The Labute approximate surface area is 176 Å². The van der Waals surface area contributed by atoms with Crippen molar-refractivity contribution in [2.24, 2.45) is 0 Å². The van der Waals surface area contributed by atoms with Crippen molar-refractivity contribution in [2.75, 3.05) is 0 Å². The molecule has 1 N–H and O–H groups in total. The monoisotopic (exact) mass is 423 g/mol. The van der Waals surface area contributed by atoms with Crippen LogP contribution in [0.5, 0.6) is 0 Å². The maximum absolute atomic E-state index is 12.8. The van der Waals surface area contributed by atoms with E-state index in [2.05, 4.69) is 20.1 Å². The highest BCUT2D eigenvalue weighted by atomic mass is 35.5. The van der Waals surface area contributed by atoms with E-state index in [0.717, 1.165) is 11.1 Å². The quantitative estimate of drug-likeness (QED) is 0.537. The Morgan fingerprint density at radius 1 is 1.30 bits per heavy atom. The van der Waals surface area contributed by atoms with Crippen LogP contribution in [0, 0.1) is 6.92 Å². The van der Waals surface area contributed by atoms with Crippen LogP contribution < -0.4 is 5.56 Å². The van der Waals surface area contributed by atoms with Gasteiger partial charge in [-0.1, -0.05) is 28.9 Å². The summed E-state index contributed by atoms with van der Waals surface area (Å²) in [5.74, 6) is 0.814. The summed E-state index contributed by atoms with van der Waals surface area (Å²) in [6.45, 7) is 1.97. The first-order valence-electron chi connectivity index (χ1n) is 9.55. The summed E-state index contributed by atoms with van der Waals surface area (Å²) in [6.07, 6.45) is 4.02. The predicted octanol–water partition coefficient (Wildman–Crippen LogP) is 2.95. The van der Waals surface area contributed by atoms with Crippen molar-refractivity contribution in [2.45, 2.75) is 37.8 Å². The SMILES string of the molecule is Cc1ccnc2ncn(Cc3nc(C4CC(O)(c5cccc(Cl)c5)C4)no3)c(=O)c12. The van der Waals surface area contributed by atoms with Crippen LogP contribution in [0.4, 0.5) is 0 Å². The predicted molar refractivity (Wildman–Crippen MR) is 109 cm³/mol. The molecule has 1 aromatic carbocycles. The Morgan fingerprint density at radius 3 is 2.93 bits per heavy atom. The molecule has 3 heterocycles. The lowest BCUT2D eigenvalue weighted by Crippen LogP contribution is -2.40. The summed E-state index contributed by atoms with van der Waals surface area (Å²) in [6, 6.07) is 9.01. The average Bonchev–Trinajstić information content (AvgIpc) is 3.16. The molecule has 9 heteroatoms. The zero-order valence-corrected chi connectivity index (χ0v) is 16.9. The van der Waals surface area contributed by atoms with Crippen molar-refractivity contribution in [1.82, 2.24) is 24.7 Å². The normalized spacial score (nSPS) is 21.0. The van der Waals surface area contributed by atoms with Gasteiger partial charge in [0.25, 0.3) is 5.56 Å². The Hall–Kier alpha value is -3.10. The van der Waals surface area contributed by atoms with E-state index in [1.807, 2.05) is 19.1 Å². The van der Waals surface area contributed by atoms with Crippen molar-refractivity contribution >= 4 is 22.6 Å². The van der Waals surface area contributed by atoms with Gasteiger partial charge in [0.05, 0.1) is 11.0 Å². The standard InChI is InChI=1S/C21H18ClN5O3/c1-12-5-6-23-19-17(12)20(28)27(11-24-19)10-16-25-18(26-30-16)13-8-21(29,9-13)14-3-2-4-15(22)7-14/h2-7,11,13,29H,8-10H2,1H3. The van der Waals surface area contributed by atoms with E-state index in [1.165, 1.54) is 10.9 Å². The van der Waals surface area contributed by atoms with Gasteiger partial charge in [-0.05, 0) is 49.1 Å². The first-order chi connectivity index (χ1) is 14.4. The summed E-state index contributed by atoms with van der Waals surface area (Å²) >= 11 is 6.04. The first-order valence-corrected chi connectivity index (χ1v) is 9.92. The molecule has 0 bridgehead atoms. The summed E-state index contributed by atoms with van der Waals surface area (Å²) in [5.41, 5.74) is 0.863. The molecule has 30 heavy (non-hydrogen) atoms. The van der Waals surface area contributed by atoms with Crippen LogP contribution in [-0.4, -0.2) is 29.8 Å². The summed E-state index contributed by atoms with van der Waals surface area (Å²) < 4.78 is 6.78. The van der Waals surface area contributed by atoms with Crippen molar-refractivity contribution in [3.63, 3.8) is 0 Å². The van der Waals surface area contributed by atoms with Crippen LogP contribution in [0.25, 0.3) is 11.0 Å². The van der Waals surface area contributed by atoms with Crippen LogP contribution in [0.3, 0.4) is 0 Å². The summed E-state index contributed by atoms with van der Waals surface area (Å²) in [7, 11) is 0. The number of aryl methyl sites for hydroxylation is 1. The van der Waals surface area contributed by atoms with Gasteiger partial charge < -0.3 is 9.63 Å². The molecule has 5 rings (SSSR count). The number of fused-ring (bicyclic) bond motifs is 1. The third kappa shape index (κ3) is 3.18. The fourth-order valence-electron chi connectivity index (χ4n) is 3.93. The zero-order chi connectivity index (χ0) is 20.9. The molecule has 1 fully saturated rings. The van der Waals surface area contributed by atoms with Crippen LogP contribution in [0.15, 0.2) is 52.2 Å². The fourth-order valence-corrected chi connectivity index (χ4v) is 4.12. The highest BCUT2D eigenvalue weighted by Gasteiger charge is 2.46. The number of nitrogens with zero attached hydrogens (tertiary/aromatic N) is 5. The average molecular weight is 424 g/mol. The van der Waals surface area contributed by atoms with E-state index in [-0.39, 0.29) is 18.0 Å². The third-order valence-corrected chi connectivity index (χ3v) is 5.85. The highest BCUT2D eigenvalue weighted by molar-refractivity contribution is 6.30. The fraction of sp³-hybridized carbons (Fsp3) is 0.286. The molecule has 0 amide bonds. The maximum atomic E-state index is 12.8. The van der Waals surface area contributed by atoms with Crippen molar-refractivity contribution in [3.05, 3.63) is 81.1 Å². The van der Waals surface area contributed by atoms with Gasteiger partial charge in [0.2, 0.25) is 5.89 Å². The minimum absolute atomic E-state index is 0.0237. The first kappa shape index (κ1) is 18.9. The van der Waals surface area contributed by atoms with Gasteiger partial charge in [-0.15, -0.1) is 0 Å². The lowest BCUT2D eigenvalue weighted by atomic mass is 9.67. The van der Waals surface area contributed by atoms with Gasteiger partial charge in [0.1, 0.15) is 12.9 Å². The van der Waals surface area contributed by atoms with Crippen LogP contribution in [0.2, 0.25) is 5.02 Å². The number of benzene rings is 1. The largest absolute Gasteiger partial charge is 0.385 e. The number of hydrogen-bond acceptors (Lipinski definition) is 7. The molecule has 0 radical (unpaired) electrons. The van der Waals surface area contributed by atoms with Gasteiger partial charge in [0, 0.05) is 17.1 Å². The Kier molecular flexibility index (Phi) is 4.41. The number of halogens is 1. The molecule has 1 aliphatic rings. The van der Waals surface area contributed by atoms with E-state index >= 15 is 0 Å². The molecular formula is C21H18ClN5O3. The third-order valence-electron chi connectivity index (χ3n) is 5.62. The number of pyridine rings is 1. The van der Waals surface area contributed by atoms with E-state index in [1.54, 1.807) is 24.4 Å². The zero-order valence-electron chi connectivity index (χ0n) is 16.1. The number of rotatable bonds is 4. The lowest BCUT2D eigenvalue weighted by molar-refractivity contribution is -0.0573. The second kappa shape index (κ2) is 7.00. The molecule has 0 atom stereocenters. The molecular weight excluding hydrogens is 406 g/mol. The number of hydrogen-bond donors (Lipinski definition) is 1. The molecule has 1 aliphatic carbocycles. The molecule has 0 spiro atoms.